The van der Waals surface area contributed by atoms with Gasteiger partial charge in [0.2, 0.25) is 0 Å². The second kappa shape index (κ2) is 8.36. The fraction of sp³-hybridized carbons (Fsp3) is 0.455. The molecular formula is C22H31BO4. The first kappa shape index (κ1) is 21.3. The van der Waals surface area contributed by atoms with Gasteiger partial charge in [-0.3, -0.25) is 0 Å². The highest BCUT2D eigenvalue weighted by molar-refractivity contribution is 6.62. The Morgan fingerprint density at radius 3 is 1.78 bits per heavy atom. The van der Waals surface area contributed by atoms with Crippen LogP contribution in [0.25, 0.3) is 0 Å². The van der Waals surface area contributed by atoms with E-state index in [1.54, 1.807) is 14.2 Å². The molecule has 27 heavy (non-hydrogen) atoms. The van der Waals surface area contributed by atoms with Gasteiger partial charge in [0.1, 0.15) is 11.5 Å². The second-order valence-electron chi connectivity index (χ2n) is 7.89. The summed E-state index contributed by atoms with van der Waals surface area (Å²) in [7, 11) is 3.01. The smallest absolute Gasteiger partial charge is 0.494 e. The van der Waals surface area contributed by atoms with Crippen LogP contribution < -0.4 is 14.9 Å². The Kier molecular flexibility index (Phi) is 6.61. The monoisotopic (exact) mass is 370 g/mol. The van der Waals surface area contributed by atoms with Crippen molar-refractivity contribution >= 4 is 12.6 Å². The average Bonchev–Trinajstić information content (AvgIpc) is 2.82. The van der Waals surface area contributed by atoms with E-state index in [4.69, 9.17) is 18.8 Å². The van der Waals surface area contributed by atoms with E-state index in [1.807, 2.05) is 50.2 Å². The Balaban J connectivity index is 0.000000244. The van der Waals surface area contributed by atoms with Crippen molar-refractivity contribution in [1.29, 1.82) is 0 Å². The third kappa shape index (κ3) is 5.27. The predicted octanol–water partition coefficient (Wildman–Crippen LogP) is 4.31. The third-order valence-corrected chi connectivity index (χ3v) is 5.06. The standard InChI is InChI=1S/C14H21BO3.C8H10O/c1-10-7-11(9-12(8-10)16-6)15-17-13(2,3)14(4,5)18-15;1-7-4-3-5-8(6-7)9-2/h7-9H,1-6H3;3-6H,1-2H3. The van der Waals surface area contributed by atoms with Crippen molar-refractivity contribution < 1.29 is 18.8 Å². The predicted molar refractivity (Wildman–Crippen MR) is 111 cm³/mol. The van der Waals surface area contributed by atoms with Crippen LogP contribution in [0.4, 0.5) is 0 Å². The highest BCUT2D eigenvalue weighted by Crippen LogP contribution is 2.36. The lowest BCUT2D eigenvalue weighted by atomic mass is 9.78. The highest BCUT2D eigenvalue weighted by atomic mass is 16.7. The Hall–Kier alpha value is -1.98. The molecular weight excluding hydrogens is 339 g/mol. The molecule has 0 aromatic heterocycles. The molecule has 2 aromatic carbocycles. The summed E-state index contributed by atoms with van der Waals surface area (Å²) >= 11 is 0. The summed E-state index contributed by atoms with van der Waals surface area (Å²) in [6.45, 7) is 12.3. The van der Waals surface area contributed by atoms with E-state index in [9.17, 15) is 0 Å². The molecule has 0 atom stereocenters. The van der Waals surface area contributed by atoms with Gasteiger partial charge in [-0.2, -0.15) is 0 Å². The quantitative estimate of drug-likeness (QED) is 0.755. The molecule has 0 saturated carbocycles. The molecule has 4 nitrogen and oxygen atoms in total. The summed E-state index contributed by atoms with van der Waals surface area (Å²) in [5.41, 5.74) is 2.75. The van der Waals surface area contributed by atoms with Crippen LogP contribution in [0.2, 0.25) is 0 Å². The van der Waals surface area contributed by atoms with Crippen molar-refractivity contribution in [2.24, 2.45) is 0 Å². The van der Waals surface area contributed by atoms with Crippen molar-refractivity contribution in [1.82, 2.24) is 0 Å². The molecule has 5 heteroatoms. The van der Waals surface area contributed by atoms with Crippen LogP contribution in [0.3, 0.4) is 0 Å². The van der Waals surface area contributed by atoms with Gasteiger partial charge >= 0.3 is 7.12 Å². The van der Waals surface area contributed by atoms with Gasteiger partial charge in [-0.05, 0) is 82.4 Å². The number of ether oxygens (including phenoxy) is 2. The number of rotatable bonds is 3. The van der Waals surface area contributed by atoms with Crippen LogP contribution in [-0.4, -0.2) is 32.5 Å². The maximum absolute atomic E-state index is 6.03. The molecule has 1 fully saturated rings. The molecule has 3 rings (SSSR count). The van der Waals surface area contributed by atoms with Crippen LogP contribution in [0, 0.1) is 13.8 Å². The Labute approximate surface area is 163 Å². The number of benzene rings is 2. The van der Waals surface area contributed by atoms with Crippen molar-refractivity contribution in [3.05, 3.63) is 53.6 Å². The maximum atomic E-state index is 6.03. The largest absolute Gasteiger partial charge is 0.497 e. The van der Waals surface area contributed by atoms with Crippen LogP contribution in [0.5, 0.6) is 11.5 Å². The zero-order valence-electron chi connectivity index (χ0n) is 17.8. The van der Waals surface area contributed by atoms with Crippen molar-refractivity contribution in [2.45, 2.75) is 52.7 Å². The number of methoxy groups -OCH3 is 2. The van der Waals surface area contributed by atoms with Gasteiger partial charge in [-0.15, -0.1) is 0 Å². The van der Waals surface area contributed by atoms with E-state index < -0.39 is 0 Å². The van der Waals surface area contributed by atoms with E-state index in [0.717, 1.165) is 22.5 Å². The van der Waals surface area contributed by atoms with Gasteiger partial charge in [-0.25, -0.2) is 0 Å². The van der Waals surface area contributed by atoms with Crippen LogP contribution in [-0.2, 0) is 9.31 Å². The topological polar surface area (TPSA) is 36.9 Å². The normalized spacial score (nSPS) is 17.1. The van der Waals surface area contributed by atoms with Crippen molar-refractivity contribution in [3.8, 4) is 11.5 Å². The van der Waals surface area contributed by atoms with Gasteiger partial charge in [0.05, 0.1) is 25.4 Å². The summed E-state index contributed by atoms with van der Waals surface area (Å²) in [4.78, 5) is 0. The molecule has 0 unspecified atom stereocenters. The fourth-order valence-electron chi connectivity index (χ4n) is 2.75. The first-order chi connectivity index (χ1) is 12.6. The maximum Gasteiger partial charge on any atom is 0.494 e. The average molecular weight is 370 g/mol. The molecule has 1 heterocycles. The first-order valence-corrected chi connectivity index (χ1v) is 9.20. The lowest BCUT2D eigenvalue weighted by Gasteiger charge is -2.32. The minimum Gasteiger partial charge on any atom is -0.497 e. The molecule has 0 radical (unpaired) electrons. The molecule has 0 amide bonds. The van der Waals surface area contributed by atoms with Crippen LogP contribution in [0.1, 0.15) is 38.8 Å². The highest BCUT2D eigenvalue weighted by Gasteiger charge is 2.51. The van der Waals surface area contributed by atoms with Gasteiger partial charge in [-0.1, -0.05) is 18.2 Å². The molecule has 146 valence electrons. The number of hydrogen-bond acceptors (Lipinski definition) is 4. The number of aryl methyl sites for hydroxylation is 2. The lowest BCUT2D eigenvalue weighted by Crippen LogP contribution is -2.41. The minimum atomic E-state index is -0.330. The molecule has 0 N–H and O–H groups in total. The third-order valence-electron chi connectivity index (χ3n) is 5.06. The van der Waals surface area contributed by atoms with Gasteiger partial charge < -0.3 is 18.8 Å². The lowest BCUT2D eigenvalue weighted by molar-refractivity contribution is 0.00578. The fourth-order valence-corrected chi connectivity index (χ4v) is 2.75. The van der Waals surface area contributed by atoms with Gasteiger partial charge in [0.25, 0.3) is 0 Å². The molecule has 1 aliphatic rings. The Morgan fingerprint density at radius 2 is 1.30 bits per heavy atom. The van der Waals surface area contributed by atoms with E-state index in [0.29, 0.717) is 0 Å². The molecule has 1 saturated heterocycles. The summed E-state index contributed by atoms with van der Waals surface area (Å²) in [6, 6.07) is 14.0. The van der Waals surface area contributed by atoms with Gasteiger partial charge in [0.15, 0.2) is 0 Å². The number of hydrogen-bond donors (Lipinski definition) is 0. The minimum absolute atomic E-state index is 0.311. The molecule has 2 aromatic rings. The molecule has 0 aliphatic carbocycles. The van der Waals surface area contributed by atoms with E-state index in [1.165, 1.54) is 5.56 Å². The van der Waals surface area contributed by atoms with Crippen molar-refractivity contribution in [2.75, 3.05) is 14.2 Å². The second-order valence-corrected chi connectivity index (χ2v) is 7.89. The zero-order valence-corrected chi connectivity index (χ0v) is 17.8. The van der Waals surface area contributed by atoms with E-state index in [-0.39, 0.29) is 18.3 Å². The van der Waals surface area contributed by atoms with Crippen LogP contribution >= 0.6 is 0 Å². The van der Waals surface area contributed by atoms with Crippen LogP contribution in [0.15, 0.2) is 42.5 Å². The zero-order chi connectivity index (χ0) is 20.2. The van der Waals surface area contributed by atoms with E-state index in [2.05, 4.69) is 33.8 Å². The SMILES string of the molecule is COc1cc(C)cc(B2OC(C)(C)C(C)(C)O2)c1.COc1cccc(C)c1. The summed E-state index contributed by atoms with van der Waals surface area (Å²) in [5.74, 6) is 1.76. The Bertz CT molecular complexity index is 755. The molecule has 1 aliphatic heterocycles. The summed E-state index contributed by atoms with van der Waals surface area (Å²) in [5, 5.41) is 0. The first-order valence-electron chi connectivity index (χ1n) is 9.20. The molecule has 0 spiro atoms. The molecule has 0 bridgehead atoms. The summed E-state index contributed by atoms with van der Waals surface area (Å²) in [6.07, 6.45) is 0. The Morgan fingerprint density at radius 1 is 0.741 bits per heavy atom. The van der Waals surface area contributed by atoms with Crippen molar-refractivity contribution in [3.63, 3.8) is 0 Å². The van der Waals surface area contributed by atoms with Gasteiger partial charge in [0, 0.05) is 0 Å². The van der Waals surface area contributed by atoms with E-state index >= 15 is 0 Å². The summed E-state index contributed by atoms with van der Waals surface area (Å²) < 4.78 is 22.3.